The Balaban J connectivity index is 2.50. The first kappa shape index (κ1) is 13.0. The summed E-state index contributed by atoms with van der Waals surface area (Å²) < 4.78 is 10.6. The quantitative estimate of drug-likeness (QED) is 0.674. The lowest BCUT2D eigenvalue weighted by Crippen LogP contribution is -2.17. The van der Waals surface area contributed by atoms with Crippen LogP contribution >= 0.6 is 0 Å². The molecule has 90 valence electrons. The standard InChI is InChI=1S/C13H20O3/c1-9(2)5-6-15-13-11(7-10(3)4)8-12(14)16-13/h7-9,13H,5-6H2,1-4H3. The number of hydrogen-bond acceptors (Lipinski definition) is 3. The number of rotatable bonds is 5. The summed E-state index contributed by atoms with van der Waals surface area (Å²) in [6.45, 7) is 8.85. The largest absolute Gasteiger partial charge is 0.428 e. The molecule has 0 aliphatic carbocycles. The smallest absolute Gasteiger partial charge is 0.333 e. The van der Waals surface area contributed by atoms with Gasteiger partial charge in [-0.05, 0) is 26.2 Å². The summed E-state index contributed by atoms with van der Waals surface area (Å²) in [6, 6.07) is 0. The second-order valence-electron chi connectivity index (χ2n) is 4.69. The van der Waals surface area contributed by atoms with Crippen LogP contribution in [0, 0.1) is 5.92 Å². The van der Waals surface area contributed by atoms with Gasteiger partial charge >= 0.3 is 5.97 Å². The highest BCUT2D eigenvalue weighted by Gasteiger charge is 2.25. The molecule has 0 amide bonds. The monoisotopic (exact) mass is 224 g/mol. The van der Waals surface area contributed by atoms with Crippen molar-refractivity contribution in [3.63, 3.8) is 0 Å². The average Bonchev–Trinajstić information content (AvgIpc) is 2.44. The zero-order valence-corrected chi connectivity index (χ0v) is 10.4. The molecule has 1 aliphatic rings. The van der Waals surface area contributed by atoms with E-state index in [1.807, 2.05) is 19.9 Å². The summed E-state index contributed by atoms with van der Waals surface area (Å²) in [5.74, 6) is 0.273. The van der Waals surface area contributed by atoms with Gasteiger partial charge < -0.3 is 9.47 Å². The van der Waals surface area contributed by atoms with Crippen molar-refractivity contribution >= 4 is 5.97 Å². The maximum atomic E-state index is 11.1. The van der Waals surface area contributed by atoms with Crippen molar-refractivity contribution in [1.29, 1.82) is 0 Å². The van der Waals surface area contributed by atoms with E-state index in [-0.39, 0.29) is 5.97 Å². The van der Waals surface area contributed by atoms with Crippen molar-refractivity contribution in [3.05, 3.63) is 23.3 Å². The third-order valence-corrected chi connectivity index (χ3v) is 2.20. The molecule has 0 aromatic heterocycles. The van der Waals surface area contributed by atoms with Crippen molar-refractivity contribution in [2.75, 3.05) is 6.61 Å². The van der Waals surface area contributed by atoms with E-state index in [1.165, 1.54) is 6.08 Å². The Morgan fingerprint density at radius 1 is 1.56 bits per heavy atom. The fourth-order valence-electron chi connectivity index (χ4n) is 1.40. The van der Waals surface area contributed by atoms with Crippen LogP contribution in [0.3, 0.4) is 0 Å². The van der Waals surface area contributed by atoms with E-state index in [9.17, 15) is 4.79 Å². The van der Waals surface area contributed by atoms with Gasteiger partial charge in [0.05, 0.1) is 6.61 Å². The van der Waals surface area contributed by atoms with Crippen LogP contribution in [-0.4, -0.2) is 18.9 Å². The topological polar surface area (TPSA) is 35.5 Å². The highest BCUT2D eigenvalue weighted by Crippen LogP contribution is 2.20. The Bertz CT molecular complexity index is 309. The van der Waals surface area contributed by atoms with E-state index >= 15 is 0 Å². The summed E-state index contributed by atoms with van der Waals surface area (Å²) in [5, 5.41) is 0. The van der Waals surface area contributed by atoms with Gasteiger partial charge in [-0.15, -0.1) is 0 Å². The minimum absolute atomic E-state index is 0.318. The molecule has 0 fully saturated rings. The molecule has 1 atom stereocenters. The summed E-state index contributed by atoms with van der Waals surface area (Å²) in [5.41, 5.74) is 1.94. The van der Waals surface area contributed by atoms with Crippen LogP contribution in [-0.2, 0) is 14.3 Å². The molecule has 1 heterocycles. The zero-order chi connectivity index (χ0) is 12.1. The van der Waals surface area contributed by atoms with Crippen molar-refractivity contribution in [2.45, 2.75) is 40.4 Å². The lowest BCUT2D eigenvalue weighted by atomic mass is 10.1. The third kappa shape index (κ3) is 4.19. The van der Waals surface area contributed by atoms with Gasteiger partial charge in [0.15, 0.2) is 0 Å². The molecule has 0 radical (unpaired) electrons. The number of carbonyl (C=O) groups excluding carboxylic acids is 1. The number of carbonyl (C=O) groups is 1. The Morgan fingerprint density at radius 2 is 2.25 bits per heavy atom. The van der Waals surface area contributed by atoms with Gasteiger partial charge in [0.25, 0.3) is 0 Å². The molecule has 1 unspecified atom stereocenters. The van der Waals surface area contributed by atoms with Crippen LogP contribution in [0.1, 0.15) is 34.1 Å². The van der Waals surface area contributed by atoms with E-state index in [1.54, 1.807) is 0 Å². The van der Waals surface area contributed by atoms with E-state index < -0.39 is 6.29 Å². The Morgan fingerprint density at radius 3 is 2.81 bits per heavy atom. The van der Waals surface area contributed by atoms with Gasteiger partial charge in [-0.3, -0.25) is 0 Å². The Kier molecular flexibility index (Phi) is 4.74. The fraction of sp³-hybridized carbons (Fsp3) is 0.615. The molecule has 0 N–H and O–H groups in total. The van der Waals surface area contributed by atoms with Gasteiger partial charge in [-0.1, -0.05) is 25.5 Å². The molecular weight excluding hydrogens is 204 g/mol. The minimum Gasteiger partial charge on any atom is -0.428 e. The lowest BCUT2D eigenvalue weighted by Gasteiger charge is -2.14. The average molecular weight is 224 g/mol. The lowest BCUT2D eigenvalue weighted by molar-refractivity contribution is -0.159. The fourth-order valence-corrected chi connectivity index (χ4v) is 1.40. The highest BCUT2D eigenvalue weighted by atomic mass is 16.7. The minimum atomic E-state index is -0.513. The van der Waals surface area contributed by atoms with E-state index in [0.717, 1.165) is 17.6 Å². The molecule has 3 nitrogen and oxygen atoms in total. The van der Waals surface area contributed by atoms with E-state index in [0.29, 0.717) is 12.5 Å². The summed E-state index contributed by atoms with van der Waals surface area (Å²) >= 11 is 0. The van der Waals surface area contributed by atoms with Crippen molar-refractivity contribution in [2.24, 2.45) is 5.92 Å². The first-order chi connectivity index (χ1) is 7.49. The van der Waals surface area contributed by atoms with Crippen LogP contribution in [0.15, 0.2) is 23.3 Å². The zero-order valence-electron chi connectivity index (χ0n) is 10.4. The molecule has 0 saturated heterocycles. The van der Waals surface area contributed by atoms with Crippen LogP contribution in [0.25, 0.3) is 0 Å². The summed E-state index contributed by atoms with van der Waals surface area (Å²) in [6.07, 6.45) is 3.87. The first-order valence-electron chi connectivity index (χ1n) is 5.67. The number of allylic oxidation sites excluding steroid dienone is 1. The van der Waals surface area contributed by atoms with Crippen molar-refractivity contribution in [3.8, 4) is 0 Å². The Labute approximate surface area is 97.1 Å². The van der Waals surface area contributed by atoms with E-state index in [4.69, 9.17) is 9.47 Å². The predicted octanol–water partition coefficient (Wildman–Crippen LogP) is 2.82. The Hall–Kier alpha value is -1.09. The van der Waals surface area contributed by atoms with Gasteiger partial charge in [0, 0.05) is 11.6 Å². The number of esters is 1. The van der Waals surface area contributed by atoms with Crippen molar-refractivity contribution in [1.82, 2.24) is 0 Å². The molecule has 1 rings (SSSR count). The predicted molar refractivity (Wildman–Crippen MR) is 62.8 cm³/mol. The van der Waals surface area contributed by atoms with Gasteiger partial charge in [0.2, 0.25) is 6.29 Å². The second-order valence-corrected chi connectivity index (χ2v) is 4.69. The van der Waals surface area contributed by atoms with Gasteiger partial charge in [-0.25, -0.2) is 4.79 Å². The number of ether oxygens (including phenoxy) is 2. The molecule has 0 aromatic rings. The maximum Gasteiger partial charge on any atom is 0.333 e. The SMILES string of the molecule is CC(C)=CC1=CC(=O)OC1OCCC(C)C. The molecule has 0 aromatic carbocycles. The van der Waals surface area contributed by atoms with Crippen LogP contribution < -0.4 is 0 Å². The summed E-state index contributed by atoms with van der Waals surface area (Å²) in [4.78, 5) is 11.1. The molecule has 16 heavy (non-hydrogen) atoms. The third-order valence-electron chi connectivity index (χ3n) is 2.20. The van der Waals surface area contributed by atoms with Crippen molar-refractivity contribution < 1.29 is 14.3 Å². The van der Waals surface area contributed by atoms with Gasteiger partial charge in [-0.2, -0.15) is 0 Å². The van der Waals surface area contributed by atoms with Crippen LogP contribution in [0.5, 0.6) is 0 Å². The van der Waals surface area contributed by atoms with Crippen LogP contribution in [0.2, 0.25) is 0 Å². The van der Waals surface area contributed by atoms with E-state index in [2.05, 4.69) is 13.8 Å². The second kappa shape index (κ2) is 5.85. The molecular formula is C13H20O3. The number of hydrogen-bond donors (Lipinski definition) is 0. The normalized spacial score (nSPS) is 19.7. The van der Waals surface area contributed by atoms with Crippen LogP contribution in [0.4, 0.5) is 0 Å². The molecule has 3 heteroatoms. The molecule has 0 saturated carbocycles. The highest BCUT2D eigenvalue weighted by molar-refractivity contribution is 5.86. The summed E-state index contributed by atoms with van der Waals surface area (Å²) in [7, 11) is 0. The molecule has 0 bridgehead atoms. The number of cyclic esters (lactones) is 1. The molecule has 0 spiro atoms. The molecule has 1 aliphatic heterocycles. The first-order valence-corrected chi connectivity index (χ1v) is 5.67. The maximum absolute atomic E-state index is 11.1. The van der Waals surface area contributed by atoms with Gasteiger partial charge in [0.1, 0.15) is 0 Å².